The van der Waals surface area contributed by atoms with Gasteiger partial charge in [0, 0.05) is 18.6 Å². The molecular formula is C9H14N2OS. The molecule has 72 valence electrons. The molecule has 0 atom stereocenters. The highest BCUT2D eigenvalue weighted by atomic mass is 32.1. The van der Waals surface area contributed by atoms with Gasteiger partial charge >= 0.3 is 0 Å². The van der Waals surface area contributed by atoms with Crippen LogP contribution in [0.3, 0.4) is 0 Å². The zero-order valence-corrected chi connectivity index (χ0v) is 8.56. The summed E-state index contributed by atoms with van der Waals surface area (Å²) in [4.78, 5) is 4.44. The summed E-state index contributed by atoms with van der Waals surface area (Å²) >= 11 is 1.66. The van der Waals surface area contributed by atoms with Crippen LogP contribution in [0, 0.1) is 6.92 Å². The summed E-state index contributed by atoms with van der Waals surface area (Å²) in [5, 5.41) is 3.16. The van der Waals surface area contributed by atoms with Gasteiger partial charge in [-0.25, -0.2) is 4.98 Å². The van der Waals surface area contributed by atoms with Crippen molar-refractivity contribution in [2.45, 2.75) is 25.3 Å². The average Bonchev–Trinajstić information content (AvgIpc) is 2.54. The smallest absolute Gasteiger partial charge is 0.0898 e. The van der Waals surface area contributed by atoms with Crippen LogP contribution in [0.5, 0.6) is 0 Å². The molecule has 0 amide bonds. The fraction of sp³-hybridized carbons (Fsp3) is 0.667. The minimum Gasteiger partial charge on any atom is -0.381 e. The summed E-state index contributed by atoms with van der Waals surface area (Å²) in [6, 6.07) is 0. The number of nitrogens with two attached hydrogens (primary N) is 1. The molecule has 1 aromatic rings. The van der Waals surface area contributed by atoms with Gasteiger partial charge in [0.05, 0.1) is 16.2 Å². The van der Waals surface area contributed by atoms with Gasteiger partial charge in [-0.05, 0) is 19.8 Å². The molecule has 0 spiro atoms. The van der Waals surface area contributed by atoms with Gasteiger partial charge in [-0.3, -0.25) is 0 Å². The second kappa shape index (κ2) is 3.36. The van der Waals surface area contributed by atoms with E-state index in [1.165, 1.54) is 0 Å². The van der Waals surface area contributed by atoms with Crippen molar-refractivity contribution in [1.29, 1.82) is 0 Å². The van der Waals surface area contributed by atoms with E-state index >= 15 is 0 Å². The van der Waals surface area contributed by atoms with Crippen molar-refractivity contribution < 1.29 is 4.74 Å². The Morgan fingerprint density at radius 1 is 1.54 bits per heavy atom. The maximum atomic E-state index is 6.26. The van der Waals surface area contributed by atoms with Gasteiger partial charge in [-0.2, -0.15) is 0 Å². The first kappa shape index (κ1) is 9.12. The molecule has 2 heterocycles. The molecule has 0 aliphatic carbocycles. The van der Waals surface area contributed by atoms with E-state index < -0.39 is 0 Å². The maximum absolute atomic E-state index is 6.26. The maximum Gasteiger partial charge on any atom is 0.0898 e. The second-order valence-electron chi connectivity index (χ2n) is 3.52. The van der Waals surface area contributed by atoms with Crippen LogP contribution >= 0.6 is 11.3 Å². The Kier molecular flexibility index (Phi) is 2.36. The Labute approximate surface area is 81.9 Å². The highest BCUT2D eigenvalue weighted by Gasteiger charge is 2.31. The Morgan fingerprint density at radius 3 is 2.77 bits per heavy atom. The van der Waals surface area contributed by atoms with Gasteiger partial charge in [0.15, 0.2) is 0 Å². The highest BCUT2D eigenvalue weighted by Crippen LogP contribution is 2.29. The number of aryl methyl sites for hydroxylation is 1. The normalized spacial score (nSPS) is 21.7. The van der Waals surface area contributed by atoms with Gasteiger partial charge in [-0.1, -0.05) is 0 Å². The number of aromatic nitrogens is 1. The molecule has 1 saturated heterocycles. The molecular weight excluding hydrogens is 184 g/mol. The monoisotopic (exact) mass is 198 g/mol. The van der Waals surface area contributed by atoms with E-state index in [0.717, 1.165) is 36.8 Å². The lowest BCUT2D eigenvalue weighted by atomic mass is 9.88. The lowest BCUT2D eigenvalue weighted by Gasteiger charge is -2.31. The zero-order chi connectivity index (χ0) is 9.31. The molecule has 1 aliphatic rings. The molecule has 2 rings (SSSR count). The number of hydrogen-bond acceptors (Lipinski definition) is 4. The predicted molar refractivity (Wildman–Crippen MR) is 52.8 cm³/mol. The van der Waals surface area contributed by atoms with Crippen LogP contribution in [-0.2, 0) is 10.3 Å². The van der Waals surface area contributed by atoms with Crippen LogP contribution in [0.2, 0.25) is 0 Å². The van der Waals surface area contributed by atoms with Crippen molar-refractivity contribution in [3.8, 4) is 0 Å². The van der Waals surface area contributed by atoms with Gasteiger partial charge in [0.1, 0.15) is 0 Å². The number of thiazole rings is 1. The SMILES string of the molecule is Cc1nc(C2(N)CCOCC2)cs1. The van der Waals surface area contributed by atoms with E-state index in [1.54, 1.807) is 11.3 Å². The molecule has 0 radical (unpaired) electrons. The van der Waals surface area contributed by atoms with Crippen molar-refractivity contribution in [2.75, 3.05) is 13.2 Å². The van der Waals surface area contributed by atoms with Crippen LogP contribution in [0.4, 0.5) is 0 Å². The summed E-state index contributed by atoms with van der Waals surface area (Å²) < 4.78 is 5.29. The Balaban J connectivity index is 2.22. The van der Waals surface area contributed by atoms with Crippen molar-refractivity contribution >= 4 is 11.3 Å². The standard InChI is InChI=1S/C9H14N2OS/c1-7-11-8(6-13-7)9(10)2-4-12-5-3-9/h6H,2-5,10H2,1H3. The minimum absolute atomic E-state index is 0.233. The molecule has 0 unspecified atom stereocenters. The zero-order valence-electron chi connectivity index (χ0n) is 7.75. The Morgan fingerprint density at radius 2 is 2.23 bits per heavy atom. The third-order valence-electron chi connectivity index (χ3n) is 2.51. The molecule has 1 aromatic heterocycles. The lowest BCUT2D eigenvalue weighted by Crippen LogP contribution is -2.42. The van der Waals surface area contributed by atoms with E-state index in [1.807, 2.05) is 6.92 Å². The Bertz CT molecular complexity index is 292. The predicted octanol–water partition coefficient (Wildman–Crippen LogP) is 1.42. The summed E-state index contributed by atoms with van der Waals surface area (Å²) in [6.07, 6.45) is 1.77. The molecule has 0 bridgehead atoms. The largest absolute Gasteiger partial charge is 0.381 e. The number of nitrogens with zero attached hydrogens (tertiary/aromatic N) is 1. The number of ether oxygens (including phenoxy) is 1. The van der Waals surface area contributed by atoms with Gasteiger partial charge in [0.2, 0.25) is 0 Å². The fourth-order valence-electron chi connectivity index (χ4n) is 1.58. The topological polar surface area (TPSA) is 48.1 Å². The van der Waals surface area contributed by atoms with E-state index in [4.69, 9.17) is 10.5 Å². The summed E-state index contributed by atoms with van der Waals surface area (Å²) in [5.41, 5.74) is 7.06. The number of rotatable bonds is 1. The van der Waals surface area contributed by atoms with Crippen molar-refractivity contribution in [3.05, 3.63) is 16.1 Å². The fourth-order valence-corrected chi connectivity index (χ4v) is 2.30. The second-order valence-corrected chi connectivity index (χ2v) is 4.58. The van der Waals surface area contributed by atoms with Gasteiger partial charge < -0.3 is 10.5 Å². The summed E-state index contributed by atoms with van der Waals surface area (Å²) in [7, 11) is 0. The third kappa shape index (κ3) is 1.75. The van der Waals surface area contributed by atoms with Crippen molar-refractivity contribution in [2.24, 2.45) is 5.73 Å². The van der Waals surface area contributed by atoms with Crippen LogP contribution in [0.1, 0.15) is 23.5 Å². The summed E-state index contributed by atoms with van der Waals surface area (Å²) in [6.45, 7) is 3.52. The molecule has 1 fully saturated rings. The third-order valence-corrected chi connectivity index (χ3v) is 3.29. The minimum atomic E-state index is -0.233. The van der Waals surface area contributed by atoms with E-state index in [9.17, 15) is 0 Å². The quantitative estimate of drug-likeness (QED) is 0.742. The van der Waals surface area contributed by atoms with E-state index in [0.29, 0.717) is 0 Å². The number of hydrogen-bond donors (Lipinski definition) is 1. The van der Waals surface area contributed by atoms with E-state index in [-0.39, 0.29) is 5.54 Å². The van der Waals surface area contributed by atoms with Crippen molar-refractivity contribution in [3.63, 3.8) is 0 Å². The first-order chi connectivity index (χ1) is 6.21. The van der Waals surface area contributed by atoms with Crippen molar-refractivity contribution in [1.82, 2.24) is 4.98 Å². The molecule has 3 nitrogen and oxygen atoms in total. The Hall–Kier alpha value is -0.450. The molecule has 13 heavy (non-hydrogen) atoms. The van der Waals surface area contributed by atoms with Gasteiger partial charge in [-0.15, -0.1) is 11.3 Å². The lowest BCUT2D eigenvalue weighted by molar-refractivity contribution is 0.0509. The molecule has 2 N–H and O–H groups in total. The van der Waals surface area contributed by atoms with Gasteiger partial charge in [0.25, 0.3) is 0 Å². The first-order valence-electron chi connectivity index (χ1n) is 4.50. The molecule has 0 saturated carbocycles. The molecule has 1 aliphatic heterocycles. The van der Waals surface area contributed by atoms with Crippen LogP contribution in [-0.4, -0.2) is 18.2 Å². The first-order valence-corrected chi connectivity index (χ1v) is 5.38. The average molecular weight is 198 g/mol. The van der Waals surface area contributed by atoms with E-state index in [2.05, 4.69) is 10.4 Å². The van der Waals surface area contributed by atoms with Crippen LogP contribution < -0.4 is 5.73 Å². The van der Waals surface area contributed by atoms with Crippen LogP contribution in [0.15, 0.2) is 5.38 Å². The highest BCUT2D eigenvalue weighted by molar-refractivity contribution is 7.09. The molecule has 4 heteroatoms. The molecule has 0 aromatic carbocycles. The summed E-state index contributed by atoms with van der Waals surface area (Å²) in [5.74, 6) is 0. The van der Waals surface area contributed by atoms with Crippen LogP contribution in [0.25, 0.3) is 0 Å².